The zero-order valence-electron chi connectivity index (χ0n) is 11.5. The van der Waals surface area contributed by atoms with E-state index in [0.717, 1.165) is 12.7 Å². The summed E-state index contributed by atoms with van der Waals surface area (Å²) in [5.41, 5.74) is 0. The molecule has 0 aromatic rings. The molecule has 0 amide bonds. The van der Waals surface area contributed by atoms with E-state index < -0.39 is 8.32 Å². The van der Waals surface area contributed by atoms with Crippen LogP contribution in [0.5, 0.6) is 0 Å². The van der Waals surface area contributed by atoms with E-state index in [0.29, 0.717) is 0 Å². The van der Waals surface area contributed by atoms with Gasteiger partial charge < -0.3 is 9.22 Å². The van der Waals surface area contributed by atoms with Gasteiger partial charge in [0.15, 0.2) is 8.32 Å². The van der Waals surface area contributed by atoms with Gasteiger partial charge in [-0.1, -0.05) is 33.8 Å². The molecule has 0 saturated heterocycles. The molecular formula is C13H26O2Si. The summed E-state index contributed by atoms with van der Waals surface area (Å²) in [5.74, 6) is -0.0628. The third-order valence-corrected chi connectivity index (χ3v) is 7.96. The summed E-state index contributed by atoms with van der Waals surface area (Å²) in [6.07, 6.45) is 3.53. The van der Waals surface area contributed by atoms with Crippen LogP contribution in [-0.4, -0.2) is 20.7 Å². The minimum Gasteiger partial charge on any atom is -0.413 e. The molecule has 0 N–H and O–H groups in total. The summed E-state index contributed by atoms with van der Waals surface area (Å²) >= 11 is 0. The van der Waals surface area contributed by atoms with Crippen LogP contribution in [0.3, 0.4) is 0 Å². The first-order valence-electron chi connectivity index (χ1n) is 5.89. The molecule has 0 aromatic heterocycles. The maximum Gasteiger partial charge on any atom is 0.192 e. The highest BCUT2D eigenvalue weighted by molar-refractivity contribution is 6.74. The summed E-state index contributed by atoms with van der Waals surface area (Å²) in [5, 5.41) is 0.176. The Hall–Kier alpha value is -0.413. The van der Waals surface area contributed by atoms with Crippen molar-refractivity contribution in [3.63, 3.8) is 0 Å². The third kappa shape index (κ3) is 4.22. The normalized spacial score (nSPS) is 16.6. The standard InChI is InChI=1S/C13H26O2Si/c1-8-9-12(11(2)10-14)15-16(6,7)13(3,4)5/h8,10-12H,1,9H2,2-7H3/t11-,12-/m0/s1. The first kappa shape index (κ1) is 15.6. The van der Waals surface area contributed by atoms with Gasteiger partial charge in [0.2, 0.25) is 0 Å². The molecular weight excluding hydrogens is 216 g/mol. The topological polar surface area (TPSA) is 26.3 Å². The number of carbonyl (C=O) groups excluding carboxylic acids is 1. The van der Waals surface area contributed by atoms with Crippen LogP contribution in [-0.2, 0) is 9.22 Å². The molecule has 94 valence electrons. The zero-order valence-corrected chi connectivity index (χ0v) is 12.5. The Balaban J connectivity index is 4.74. The van der Waals surface area contributed by atoms with Gasteiger partial charge in [0.25, 0.3) is 0 Å². The number of carbonyl (C=O) groups is 1. The molecule has 2 atom stereocenters. The van der Waals surface area contributed by atoms with Crippen molar-refractivity contribution in [2.24, 2.45) is 5.92 Å². The van der Waals surface area contributed by atoms with Crippen LogP contribution < -0.4 is 0 Å². The van der Waals surface area contributed by atoms with E-state index in [1.165, 1.54) is 0 Å². The Morgan fingerprint density at radius 3 is 2.19 bits per heavy atom. The maximum absolute atomic E-state index is 10.9. The van der Waals surface area contributed by atoms with E-state index in [1.54, 1.807) is 0 Å². The predicted octanol–water partition coefficient (Wildman–Crippen LogP) is 3.79. The van der Waals surface area contributed by atoms with Gasteiger partial charge in [-0.25, -0.2) is 0 Å². The Kier molecular flexibility index (Phi) is 5.63. The highest BCUT2D eigenvalue weighted by atomic mass is 28.4. The molecule has 0 heterocycles. The smallest absolute Gasteiger partial charge is 0.192 e. The Bertz CT molecular complexity index is 241. The summed E-state index contributed by atoms with van der Waals surface area (Å²) in [4.78, 5) is 10.9. The predicted molar refractivity (Wildman–Crippen MR) is 72.1 cm³/mol. The summed E-state index contributed by atoms with van der Waals surface area (Å²) in [6, 6.07) is 0. The molecule has 0 aromatic carbocycles. The first-order chi connectivity index (χ1) is 7.15. The fourth-order valence-corrected chi connectivity index (χ4v) is 2.60. The van der Waals surface area contributed by atoms with Crippen molar-refractivity contribution in [3.8, 4) is 0 Å². The van der Waals surface area contributed by atoms with Crippen molar-refractivity contribution in [1.82, 2.24) is 0 Å². The molecule has 3 heteroatoms. The zero-order chi connectivity index (χ0) is 13.0. The van der Waals surface area contributed by atoms with Gasteiger partial charge in [-0.2, -0.15) is 0 Å². The van der Waals surface area contributed by atoms with Gasteiger partial charge >= 0.3 is 0 Å². The van der Waals surface area contributed by atoms with E-state index in [9.17, 15) is 4.79 Å². The lowest BCUT2D eigenvalue weighted by Crippen LogP contribution is -2.45. The van der Waals surface area contributed by atoms with Crippen molar-refractivity contribution in [3.05, 3.63) is 12.7 Å². The van der Waals surface area contributed by atoms with Crippen molar-refractivity contribution >= 4 is 14.6 Å². The highest BCUT2D eigenvalue weighted by Crippen LogP contribution is 2.38. The first-order valence-corrected chi connectivity index (χ1v) is 8.80. The van der Waals surface area contributed by atoms with Crippen LogP contribution in [0.25, 0.3) is 0 Å². The van der Waals surface area contributed by atoms with Gasteiger partial charge in [0, 0.05) is 5.92 Å². The lowest BCUT2D eigenvalue weighted by atomic mass is 10.0. The number of hydrogen-bond donors (Lipinski definition) is 0. The number of rotatable bonds is 6. The Morgan fingerprint density at radius 2 is 1.88 bits per heavy atom. The molecule has 0 aliphatic rings. The van der Waals surface area contributed by atoms with E-state index in [4.69, 9.17) is 4.43 Å². The van der Waals surface area contributed by atoms with E-state index >= 15 is 0 Å². The number of aldehydes is 1. The fourth-order valence-electron chi connectivity index (χ4n) is 1.18. The lowest BCUT2D eigenvalue weighted by Gasteiger charge is -2.40. The Morgan fingerprint density at radius 1 is 1.38 bits per heavy atom. The third-order valence-electron chi connectivity index (χ3n) is 3.45. The van der Waals surface area contributed by atoms with Crippen LogP contribution in [0.2, 0.25) is 18.1 Å². The van der Waals surface area contributed by atoms with Gasteiger partial charge in [0.1, 0.15) is 6.29 Å². The molecule has 0 unspecified atom stereocenters. The van der Waals surface area contributed by atoms with E-state index in [2.05, 4.69) is 40.4 Å². The highest BCUT2D eigenvalue weighted by Gasteiger charge is 2.39. The average Bonchev–Trinajstić information content (AvgIpc) is 2.14. The van der Waals surface area contributed by atoms with Crippen LogP contribution in [0, 0.1) is 5.92 Å². The molecule has 0 radical (unpaired) electrons. The molecule has 0 saturated carbocycles. The van der Waals surface area contributed by atoms with Crippen molar-refractivity contribution in [1.29, 1.82) is 0 Å². The van der Waals surface area contributed by atoms with E-state index in [-0.39, 0.29) is 17.1 Å². The van der Waals surface area contributed by atoms with Crippen LogP contribution >= 0.6 is 0 Å². The molecule has 0 bridgehead atoms. The molecule has 0 rings (SSSR count). The second kappa shape index (κ2) is 5.78. The summed E-state index contributed by atoms with van der Waals surface area (Å²) in [6.45, 7) is 16.7. The van der Waals surface area contributed by atoms with Gasteiger partial charge in [-0.15, -0.1) is 6.58 Å². The summed E-state index contributed by atoms with van der Waals surface area (Å²) < 4.78 is 6.23. The monoisotopic (exact) mass is 242 g/mol. The van der Waals surface area contributed by atoms with Gasteiger partial charge in [-0.05, 0) is 24.6 Å². The van der Waals surface area contributed by atoms with Crippen molar-refractivity contribution in [2.75, 3.05) is 0 Å². The maximum atomic E-state index is 10.9. The number of hydrogen-bond acceptors (Lipinski definition) is 2. The van der Waals surface area contributed by atoms with Crippen LogP contribution in [0.1, 0.15) is 34.1 Å². The largest absolute Gasteiger partial charge is 0.413 e. The minimum absolute atomic E-state index is 0.0177. The van der Waals surface area contributed by atoms with E-state index in [1.807, 2.05) is 13.0 Å². The second-order valence-corrected chi connectivity index (χ2v) is 10.7. The van der Waals surface area contributed by atoms with Crippen molar-refractivity contribution in [2.45, 2.75) is 58.4 Å². The minimum atomic E-state index is -1.79. The summed E-state index contributed by atoms with van der Waals surface area (Å²) in [7, 11) is -1.79. The molecule has 0 aliphatic heterocycles. The molecule has 0 fully saturated rings. The fraction of sp³-hybridized carbons (Fsp3) is 0.769. The second-order valence-electron chi connectivity index (χ2n) is 5.94. The quantitative estimate of drug-likeness (QED) is 0.402. The molecule has 2 nitrogen and oxygen atoms in total. The average molecular weight is 242 g/mol. The molecule has 16 heavy (non-hydrogen) atoms. The lowest BCUT2D eigenvalue weighted by molar-refractivity contribution is -0.113. The van der Waals surface area contributed by atoms with Gasteiger partial charge in [0.05, 0.1) is 6.10 Å². The Labute approximate surface area is 101 Å². The van der Waals surface area contributed by atoms with Gasteiger partial charge in [-0.3, -0.25) is 0 Å². The molecule has 0 spiro atoms. The molecule has 0 aliphatic carbocycles. The van der Waals surface area contributed by atoms with Crippen LogP contribution in [0.4, 0.5) is 0 Å². The van der Waals surface area contributed by atoms with Crippen molar-refractivity contribution < 1.29 is 9.22 Å². The van der Waals surface area contributed by atoms with Crippen LogP contribution in [0.15, 0.2) is 12.7 Å². The SMILES string of the molecule is C=CC[C@H](O[Si](C)(C)C(C)(C)C)[C@@H](C)C=O.